The van der Waals surface area contributed by atoms with E-state index in [1.54, 1.807) is 7.11 Å². The highest BCUT2D eigenvalue weighted by Gasteiger charge is 2.05. The Morgan fingerprint density at radius 3 is 2.38 bits per heavy atom. The molecule has 16 heavy (non-hydrogen) atoms. The standard InChI is InChI=1S/C13H12BO2/c1-16-13-8-7-11(9-12(13)14-15)10-5-3-2-4-6-10/h2-9,15H,1H3. The summed E-state index contributed by atoms with van der Waals surface area (Å²) in [4.78, 5) is 0. The maximum absolute atomic E-state index is 9.12. The number of methoxy groups -OCH3 is 1. The van der Waals surface area contributed by atoms with Crippen molar-refractivity contribution < 1.29 is 9.76 Å². The van der Waals surface area contributed by atoms with E-state index >= 15 is 0 Å². The van der Waals surface area contributed by atoms with Crippen molar-refractivity contribution in [1.29, 1.82) is 0 Å². The van der Waals surface area contributed by atoms with E-state index < -0.39 is 0 Å². The Kier molecular flexibility index (Phi) is 3.27. The minimum absolute atomic E-state index is 0.669. The van der Waals surface area contributed by atoms with Gasteiger partial charge in [-0.3, -0.25) is 0 Å². The van der Waals surface area contributed by atoms with Crippen molar-refractivity contribution in [3.05, 3.63) is 48.5 Å². The number of rotatable bonds is 3. The largest absolute Gasteiger partial charge is 0.497 e. The van der Waals surface area contributed by atoms with Gasteiger partial charge in [0.1, 0.15) is 5.75 Å². The molecule has 0 unspecified atom stereocenters. The van der Waals surface area contributed by atoms with Crippen LogP contribution in [0, 0.1) is 0 Å². The molecule has 2 aromatic rings. The first kappa shape index (κ1) is 10.8. The lowest BCUT2D eigenvalue weighted by molar-refractivity contribution is 0.417. The van der Waals surface area contributed by atoms with E-state index in [1.807, 2.05) is 48.5 Å². The maximum Gasteiger partial charge on any atom is 0.330 e. The second-order valence-electron chi connectivity index (χ2n) is 3.45. The zero-order valence-electron chi connectivity index (χ0n) is 9.05. The molecule has 79 valence electrons. The summed E-state index contributed by atoms with van der Waals surface area (Å²) in [6.45, 7) is 0. The van der Waals surface area contributed by atoms with Crippen LogP contribution >= 0.6 is 0 Å². The van der Waals surface area contributed by atoms with E-state index in [2.05, 4.69) is 0 Å². The highest BCUT2D eigenvalue weighted by Crippen LogP contribution is 2.20. The van der Waals surface area contributed by atoms with Gasteiger partial charge in [-0.25, -0.2) is 0 Å². The van der Waals surface area contributed by atoms with Crippen molar-refractivity contribution in [1.82, 2.24) is 0 Å². The van der Waals surface area contributed by atoms with E-state index in [4.69, 9.17) is 9.76 Å². The molecule has 0 aromatic heterocycles. The molecule has 0 aliphatic carbocycles. The smallest absolute Gasteiger partial charge is 0.330 e. The third-order valence-electron chi connectivity index (χ3n) is 2.48. The Morgan fingerprint density at radius 1 is 1.00 bits per heavy atom. The van der Waals surface area contributed by atoms with Gasteiger partial charge in [-0.05, 0) is 22.7 Å². The number of benzene rings is 2. The predicted octanol–water partition coefficient (Wildman–Crippen LogP) is 1.60. The minimum Gasteiger partial charge on any atom is -0.497 e. The molecular formula is C13H12BO2. The van der Waals surface area contributed by atoms with Crippen LogP contribution in [0.2, 0.25) is 0 Å². The van der Waals surface area contributed by atoms with E-state index in [-0.39, 0.29) is 0 Å². The van der Waals surface area contributed by atoms with Gasteiger partial charge in [-0.1, -0.05) is 42.5 Å². The summed E-state index contributed by atoms with van der Waals surface area (Å²) in [6, 6.07) is 15.7. The predicted molar refractivity (Wildman–Crippen MR) is 66.0 cm³/mol. The number of ether oxygens (including phenoxy) is 1. The lowest BCUT2D eigenvalue weighted by atomic mass is 9.85. The molecule has 0 saturated carbocycles. The van der Waals surface area contributed by atoms with Crippen LogP contribution in [0.15, 0.2) is 48.5 Å². The average molecular weight is 211 g/mol. The van der Waals surface area contributed by atoms with Gasteiger partial charge in [-0.2, -0.15) is 0 Å². The number of hydrogen-bond acceptors (Lipinski definition) is 2. The first-order valence-electron chi connectivity index (χ1n) is 5.06. The Balaban J connectivity index is 2.44. The Labute approximate surface area is 95.8 Å². The lowest BCUT2D eigenvalue weighted by Gasteiger charge is -2.08. The van der Waals surface area contributed by atoms with Gasteiger partial charge in [0, 0.05) is 0 Å². The summed E-state index contributed by atoms with van der Waals surface area (Å²) < 4.78 is 5.14. The van der Waals surface area contributed by atoms with Crippen LogP contribution in [-0.4, -0.2) is 19.6 Å². The Bertz CT molecular complexity index is 469. The molecule has 0 heterocycles. The van der Waals surface area contributed by atoms with Gasteiger partial charge in [0.05, 0.1) is 7.11 Å². The highest BCUT2D eigenvalue weighted by atomic mass is 16.5. The molecule has 0 atom stereocenters. The zero-order chi connectivity index (χ0) is 11.4. The quantitative estimate of drug-likeness (QED) is 0.781. The molecule has 2 rings (SSSR count). The van der Waals surface area contributed by atoms with Crippen molar-refractivity contribution in [2.45, 2.75) is 0 Å². The molecule has 2 aromatic carbocycles. The van der Waals surface area contributed by atoms with Crippen molar-refractivity contribution >= 4 is 12.9 Å². The minimum atomic E-state index is 0.669. The molecule has 0 amide bonds. The Hall–Kier alpha value is -1.74. The highest BCUT2D eigenvalue weighted by molar-refractivity contribution is 6.47. The van der Waals surface area contributed by atoms with Gasteiger partial charge < -0.3 is 9.76 Å². The van der Waals surface area contributed by atoms with Crippen LogP contribution in [0.3, 0.4) is 0 Å². The van der Waals surface area contributed by atoms with Crippen LogP contribution in [0.1, 0.15) is 0 Å². The normalized spacial score (nSPS) is 9.88. The van der Waals surface area contributed by atoms with Gasteiger partial charge in [0.25, 0.3) is 0 Å². The zero-order valence-corrected chi connectivity index (χ0v) is 9.05. The van der Waals surface area contributed by atoms with Crippen LogP contribution in [-0.2, 0) is 0 Å². The molecule has 0 aliphatic heterocycles. The summed E-state index contributed by atoms with van der Waals surface area (Å²) in [5, 5.41) is 9.12. The van der Waals surface area contributed by atoms with Crippen LogP contribution in [0.5, 0.6) is 5.75 Å². The van der Waals surface area contributed by atoms with E-state index in [9.17, 15) is 0 Å². The van der Waals surface area contributed by atoms with Gasteiger partial charge in [0.2, 0.25) is 0 Å². The van der Waals surface area contributed by atoms with Crippen molar-refractivity contribution in [2.24, 2.45) is 0 Å². The fourth-order valence-corrected chi connectivity index (χ4v) is 1.65. The first-order chi connectivity index (χ1) is 7.85. The molecule has 0 saturated heterocycles. The second-order valence-corrected chi connectivity index (χ2v) is 3.45. The maximum atomic E-state index is 9.12. The monoisotopic (exact) mass is 211 g/mol. The molecule has 1 radical (unpaired) electrons. The summed E-state index contributed by atoms with van der Waals surface area (Å²) in [5.74, 6) is 0.669. The average Bonchev–Trinajstić information content (AvgIpc) is 2.39. The first-order valence-corrected chi connectivity index (χ1v) is 5.06. The second kappa shape index (κ2) is 4.86. The van der Waals surface area contributed by atoms with Crippen molar-refractivity contribution in [2.75, 3.05) is 7.11 Å². The van der Waals surface area contributed by atoms with Crippen LogP contribution < -0.4 is 10.2 Å². The van der Waals surface area contributed by atoms with E-state index in [0.29, 0.717) is 11.2 Å². The summed E-state index contributed by atoms with van der Waals surface area (Å²) in [6.07, 6.45) is 0. The van der Waals surface area contributed by atoms with Gasteiger partial charge in [0.15, 0.2) is 0 Å². The fraction of sp³-hybridized carbons (Fsp3) is 0.0769. The SMILES string of the molecule is COc1ccc(-c2ccccc2)cc1[B]O. The van der Waals surface area contributed by atoms with Crippen LogP contribution in [0.25, 0.3) is 11.1 Å². The van der Waals surface area contributed by atoms with E-state index in [0.717, 1.165) is 18.6 Å². The molecular weight excluding hydrogens is 199 g/mol. The van der Waals surface area contributed by atoms with E-state index in [1.165, 1.54) is 0 Å². The molecule has 0 spiro atoms. The summed E-state index contributed by atoms with van der Waals surface area (Å²) >= 11 is 0. The topological polar surface area (TPSA) is 29.5 Å². The van der Waals surface area contributed by atoms with Crippen molar-refractivity contribution in [3.8, 4) is 16.9 Å². The number of hydrogen-bond donors (Lipinski definition) is 1. The third-order valence-corrected chi connectivity index (χ3v) is 2.48. The molecule has 1 N–H and O–H groups in total. The van der Waals surface area contributed by atoms with Crippen molar-refractivity contribution in [3.63, 3.8) is 0 Å². The van der Waals surface area contributed by atoms with Crippen LogP contribution in [0.4, 0.5) is 0 Å². The summed E-state index contributed by atoms with van der Waals surface area (Å²) in [7, 11) is 2.65. The molecule has 0 aliphatic rings. The lowest BCUT2D eigenvalue weighted by Crippen LogP contribution is -2.16. The van der Waals surface area contributed by atoms with Gasteiger partial charge >= 0.3 is 7.48 Å². The van der Waals surface area contributed by atoms with Gasteiger partial charge in [-0.15, -0.1) is 0 Å². The molecule has 3 heteroatoms. The fourth-order valence-electron chi connectivity index (χ4n) is 1.65. The molecule has 0 bridgehead atoms. The molecule has 0 fully saturated rings. The molecule has 2 nitrogen and oxygen atoms in total. The Morgan fingerprint density at radius 2 is 1.75 bits per heavy atom. The summed E-state index contributed by atoms with van der Waals surface area (Å²) in [5.41, 5.74) is 2.86. The third kappa shape index (κ3) is 2.09.